The highest BCUT2D eigenvalue weighted by Crippen LogP contribution is 2.34. The van der Waals surface area contributed by atoms with E-state index in [0.29, 0.717) is 34.1 Å². The Hall–Kier alpha value is -5.22. The van der Waals surface area contributed by atoms with E-state index in [1.165, 1.54) is 35.7 Å². The molecule has 0 spiro atoms. The molecule has 6 aromatic rings. The van der Waals surface area contributed by atoms with Gasteiger partial charge in [0.05, 0.1) is 22.1 Å². The number of rotatable bonds is 20. The van der Waals surface area contributed by atoms with E-state index in [0.717, 1.165) is 86.9 Å². The summed E-state index contributed by atoms with van der Waals surface area (Å²) in [6, 6.07) is 27.0. The van der Waals surface area contributed by atoms with Crippen LogP contribution in [0.2, 0.25) is 0 Å². The normalized spacial score (nSPS) is 11.2. The highest BCUT2D eigenvalue weighted by molar-refractivity contribution is 7.91. The second-order valence-corrected chi connectivity index (χ2v) is 16.8. The predicted molar refractivity (Wildman–Crippen MR) is 215 cm³/mol. The number of nitrogens with zero attached hydrogens (tertiary/aromatic N) is 2. The van der Waals surface area contributed by atoms with Crippen LogP contribution in [0.3, 0.4) is 0 Å². The summed E-state index contributed by atoms with van der Waals surface area (Å²) in [6.45, 7) is 0. The lowest BCUT2D eigenvalue weighted by Crippen LogP contribution is -2.09. The topological polar surface area (TPSA) is 193 Å². The zero-order valence-corrected chi connectivity index (χ0v) is 33.1. The number of benzene rings is 2. The van der Waals surface area contributed by atoms with E-state index in [4.69, 9.17) is 19.1 Å². The van der Waals surface area contributed by atoms with Crippen LogP contribution < -0.4 is 9.88 Å². The van der Waals surface area contributed by atoms with Gasteiger partial charge in [0.1, 0.15) is 4.21 Å². The number of oxazole rings is 2. The summed E-state index contributed by atoms with van der Waals surface area (Å²) in [7, 11) is -3.75. The van der Waals surface area contributed by atoms with Gasteiger partial charge in [0.15, 0.2) is 16.6 Å². The Bertz CT molecular complexity index is 2260. The molecule has 12 nitrogen and oxygen atoms in total. The third kappa shape index (κ3) is 13.5. The summed E-state index contributed by atoms with van der Waals surface area (Å²) in [5, 5.41) is 14.0. The van der Waals surface area contributed by atoms with Crippen LogP contribution in [0.25, 0.3) is 21.3 Å². The maximum Gasteiger partial charge on any atom is 0.512 e. The SMILES string of the molecule is NS(=O)(=O)c1ccc(-c2cnc(C(=O)CCCCCCc3ccccc3)o2)s1.O=C(O)Oc1ccc(-c2cnc(C(=O)CCCCCCc3ccccc3)o2)s1. The molecule has 0 radical (unpaired) electrons. The molecular weight excluding hydrogens is 775 g/mol. The smallest absolute Gasteiger partial charge is 0.449 e. The molecule has 3 N–H and O–H groups in total. The molecule has 0 saturated heterocycles. The second-order valence-electron chi connectivity index (χ2n) is 12.9. The van der Waals surface area contributed by atoms with Crippen molar-refractivity contribution < 1.29 is 41.5 Å². The fraction of sp³-hybridized carbons (Fsp3) is 0.293. The fourth-order valence-corrected chi connectivity index (χ4v) is 8.14. The molecule has 0 aliphatic heterocycles. The van der Waals surface area contributed by atoms with Gasteiger partial charge in [-0.25, -0.2) is 28.3 Å². The first-order chi connectivity index (χ1) is 27.0. The van der Waals surface area contributed by atoms with Gasteiger partial charge in [0.2, 0.25) is 21.6 Å². The molecule has 6 rings (SSSR count). The van der Waals surface area contributed by atoms with E-state index in [9.17, 15) is 22.8 Å². The summed E-state index contributed by atoms with van der Waals surface area (Å²) in [5.41, 5.74) is 2.68. The Morgan fingerprint density at radius 3 is 1.55 bits per heavy atom. The Kier molecular flexibility index (Phi) is 15.9. The van der Waals surface area contributed by atoms with Crippen LogP contribution in [-0.2, 0) is 22.9 Å². The van der Waals surface area contributed by atoms with Gasteiger partial charge in [0, 0.05) is 12.8 Å². The minimum atomic E-state index is -3.75. The van der Waals surface area contributed by atoms with Gasteiger partial charge < -0.3 is 18.7 Å². The van der Waals surface area contributed by atoms with E-state index in [-0.39, 0.29) is 32.6 Å². The van der Waals surface area contributed by atoms with Gasteiger partial charge in [-0.05, 0) is 73.9 Å². The van der Waals surface area contributed by atoms with Crippen molar-refractivity contribution in [3.63, 3.8) is 0 Å². The van der Waals surface area contributed by atoms with Gasteiger partial charge in [-0.2, -0.15) is 0 Å². The van der Waals surface area contributed by atoms with Crippen LogP contribution in [0.1, 0.15) is 96.7 Å². The highest BCUT2D eigenvalue weighted by Gasteiger charge is 2.18. The number of ketones is 2. The van der Waals surface area contributed by atoms with Crippen molar-refractivity contribution >= 4 is 50.4 Å². The van der Waals surface area contributed by atoms with Gasteiger partial charge in [-0.15, -0.1) is 11.3 Å². The number of Topliss-reactive ketones (excluding diaryl/α,β-unsaturated/α-hetero) is 2. The number of unbranched alkanes of at least 4 members (excludes halogenated alkanes) is 6. The molecule has 0 fully saturated rings. The zero-order chi connectivity index (χ0) is 39.8. The molecule has 4 heterocycles. The lowest BCUT2D eigenvalue weighted by Gasteiger charge is -2.01. The largest absolute Gasteiger partial charge is 0.512 e. The predicted octanol–water partition coefficient (Wildman–Crippen LogP) is 10.3. The van der Waals surface area contributed by atoms with Gasteiger partial charge >= 0.3 is 6.16 Å². The summed E-state index contributed by atoms with van der Waals surface area (Å²) in [6.07, 6.45) is 12.4. The molecule has 294 valence electrons. The molecular formula is C41H43N3O9S3. The van der Waals surface area contributed by atoms with Crippen LogP contribution in [-0.4, -0.2) is 41.2 Å². The van der Waals surface area contributed by atoms with Gasteiger partial charge in [0.25, 0.3) is 11.8 Å². The third-order valence-electron chi connectivity index (χ3n) is 8.53. The molecule has 0 atom stereocenters. The summed E-state index contributed by atoms with van der Waals surface area (Å²) in [4.78, 5) is 44.3. The minimum Gasteiger partial charge on any atom is -0.449 e. The maximum absolute atomic E-state index is 12.2. The van der Waals surface area contributed by atoms with Crippen molar-refractivity contribution in [2.24, 2.45) is 5.14 Å². The Morgan fingerprint density at radius 2 is 1.09 bits per heavy atom. The van der Waals surface area contributed by atoms with Crippen LogP contribution >= 0.6 is 22.7 Å². The molecule has 56 heavy (non-hydrogen) atoms. The van der Waals surface area contributed by atoms with E-state index in [2.05, 4.69) is 51.1 Å². The highest BCUT2D eigenvalue weighted by atomic mass is 32.2. The van der Waals surface area contributed by atoms with Crippen LogP contribution in [0.15, 0.2) is 110 Å². The lowest BCUT2D eigenvalue weighted by atomic mass is 10.0. The molecule has 0 amide bonds. The molecule has 0 unspecified atom stereocenters. The van der Waals surface area contributed by atoms with Crippen molar-refractivity contribution in [2.75, 3.05) is 0 Å². The average Bonchev–Trinajstić information content (AvgIpc) is 4.02. The number of hydrogen-bond donors (Lipinski definition) is 2. The van der Waals surface area contributed by atoms with E-state index in [1.54, 1.807) is 12.1 Å². The number of thiophene rings is 2. The van der Waals surface area contributed by atoms with Crippen molar-refractivity contribution in [1.29, 1.82) is 0 Å². The Morgan fingerprint density at radius 1 is 0.625 bits per heavy atom. The van der Waals surface area contributed by atoms with Crippen molar-refractivity contribution in [3.8, 4) is 26.3 Å². The lowest BCUT2D eigenvalue weighted by molar-refractivity contribution is 0.0939. The van der Waals surface area contributed by atoms with Gasteiger partial charge in [-0.1, -0.05) is 97.7 Å². The first kappa shape index (κ1) is 41.9. The molecule has 0 saturated carbocycles. The van der Waals surface area contributed by atoms with E-state index >= 15 is 0 Å². The van der Waals surface area contributed by atoms with Crippen molar-refractivity contribution in [3.05, 3.63) is 120 Å². The van der Waals surface area contributed by atoms with Crippen LogP contribution in [0.4, 0.5) is 4.79 Å². The van der Waals surface area contributed by atoms with Crippen molar-refractivity contribution in [1.82, 2.24) is 9.97 Å². The number of primary sulfonamides is 1. The number of sulfonamides is 1. The summed E-state index contributed by atoms with van der Waals surface area (Å²) >= 11 is 2.10. The molecule has 4 aromatic heterocycles. The number of aromatic nitrogens is 2. The maximum atomic E-state index is 12.2. The Balaban J connectivity index is 0.000000214. The number of ether oxygens (including phenoxy) is 1. The molecule has 0 aliphatic carbocycles. The number of carbonyl (C=O) groups excluding carboxylic acids is 2. The number of aryl methyl sites for hydroxylation is 2. The quantitative estimate of drug-likeness (QED) is 0.0423. The second kappa shape index (κ2) is 21.2. The van der Waals surface area contributed by atoms with Crippen molar-refractivity contribution in [2.45, 2.75) is 81.3 Å². The first-order valence-electron chi connectivity index (χ1n) is 18.2. The zero-order valence-electron chi connectivity index (χ0n) is 30.6. The number of nitrogens with two attached hydrogens (primary N) is 1. The molecule has 2 aromatic carbocycles. The molecule has 0 aliphatic rings. The summed E-state index contributed by atoms with van der Waals surface area (Å²) < 4.78 is 38.4. The number of hydrogen-bond acceptors (Lipinski definition) is 12. The monoisotopic (exact) mass is 817 g/mol. The van der Waals surface area contributed by atoms with Crippen LogP contribution in [0, 0.1) is 0 Å². The standard InChI is InChI=1S/C21H21NO5S.C20H22N2O4S2/c23-16(11-7-2-1-4-8-15-9-5-3-6-10-15)20-22-14-17(26-20)18-12-13-19(28-18)27-21(24)25;21-28(24,25)19-13-12-18(27-19)17-14-22-20(26-17)16(23)11-7-2-1-4-8-15-9-5-3-6-10-15/h3,5-6,9-10,12-14H,1-2,4,7-8,11H2,(H,24,25);3,5-6,9-10,12-14H,1-2,4,7-8,11H2,(H2,21,24,25). The third-order valence-corrected chi connectivity index (χ3v) is 12.0. The number of carboxylic acid groups (broad SMARTS) is 1. The van der Waals surface area contributed by atoms with Gasteiger partial charge in [-0.3, -0.25) is 9.59 Å². The minimum absolute atomic E-state index is 0.0438. The first-order valence-corrected chi connectivity index (χ1v) is 21.4. The average molecular weight is 818 g/mol. The van der Waals surface area contributed by atoms with Crippen LogP contribution in [0.5, 0.6) is 5.06 Å². The fourth-order valence-electron chi connectivity index (χ4n) is 5.67. The molecule has 0 bridgehead atoms. The summed E-state index contributed by atoms with van der Waals surface area (Å²) in [5.74, 6) is 0.686. The molecule has 15 heteroatoms. The van der Waals surface area contributed by atoms with E-state index < -0.39 is 16.2 Å². The number of carbonyl (C=O) groups is 3. The van der Waals surface area contributed by atoms with E-state index in [1.807, 2.05) is 24.3 Å². The Labute approximate surface area is 333 Å².